The minimum Gasteiger partial charge on any atom is -0.341 e. The lowest BCUT2D eigenvalue weighted by molar-refractivity contribution is -0.131. The Labute approximate surface area is 150 Å². The van der Waals surface area contributed by atoms with Gasteiger partial charge in [-0.3, -0.25) is 9.59 Å². The molecular formula is C18H20N4O2S. The lowest BCUT2D eigenvalue weighted by Gasteiger charge is -2.43. The molecule has 2 bridgehead atoms. The molecule has 2 atom stereocenters. The van der Waals surface area contributed by atoms with Gasteiger partial charge in [-0.05, 0) is 24.7 Å². The van der Waals surface area contributed by atoms with Crippen molar-refractivity contribution in [2.75, 3.05) is 25.1 Å². The van der Waals surface area contributed by atoms with Crippen LogP contribution in [0.4, 0.5) is 0 Å². The Bertz CT molecular complexity index is 852. The van der Waals surface area contributed by atoms with Crippen LogP contribution in [0, 0.1) is 5.92 Å². The van der Waals surface area contributed by atoms with Crippen molar-refractivity contribution in [1.29, 1.82) is 0 Å². The van der Waals surface area contributed by atoms with Crippen molar-refractivity contribution in [3.63, 3.8) is 0 Å². The number of hydrogen-bond acceptors (Lipinski definition) is 5. The molecule has 2 aromatic rings. The van der Waals surface area contributed by atoms with E-state index in [1.807, 2.05) is 21.8 Å². The summed E-state index contributed by atoms with van der Waals surface area (Å²) in [6, 6.07) is 3.50. The Morgan fingerprint density at radius 1 is 1.24 bits per heavy atom. The van der Waals surface area contributed by atoms with E-state index in [-0.39, 0.29) is 17.4 Å². The highest BCUT2D eigenvalue weighted by atomic mass is 32.2. The molecule has 0 N–H and O–H groups in total. The van der Waals surface area contributed by atoms with E-state index in [0.717, 1.165) is 29.8 Å². The number of piperidine rings is 1. The fraction of sp³-hybridized carbons (Fsp3) is 0.444. The lowest BCUT2D eigenvalue weighted by Crippen LogP contribution is -2.49. The fourth-order valence-corrected chi connectivity index (χ4v) is 4.55. The third-order valence-electron chi connectivity index (χ3n) is 5.08. The number of nitrogens with zero attached hydrogens (tertiary/aromatic N) is 4. The molecule has 4 heterocycles. The van der Waals surface area contributed by atoms with Crippen LogP contribution >= 0.6 is 11.8 Å². The van der Waals surface area contributed by atoms with E-state index in [1.54, 1.807) is 30.2 Å². The number of likely N-dealkylation sites (tertiary alicyclic amines) is 1. The minimum absolute atomic E-state index is 0.0363. The first-order valence-electron chi connectivity index (χ1n) is 8.43. The quantitative estimate of drug-likeness (QED) is 0.836. The molecule has 25 heavy (non-hydrogen) atoms. The number of aromatic nitrogens is 3. The number of fused-ring (bicyclic) bond motifs is 4. The van der Waals surface area contributed by atoms with Gasteiger partial charge in [0, 0.05) is 60.8 Å². The zero-order valence-electron chi connectivity index (χ0n) is 14.1. The van der Waals surface area contributed by atoms with E-state index < -0.39 is 0 Å². The molecule has 2 aliphatic rings. The molecular weight excluding hydrogens is 336 g/mol. The van der Waals surface area contributed by atoms with Crippen LogP contribution in [0.2, 0.25) is 0 Å². The van der Waals surface area contributed by atoms with Crippen LogP contribution in [0.25, 0.3) is 11.1 Å². The highest BCUT2D eigenvalue weighted by Gasteiger charge is 2.37. The summed E-state index contributed by atoms with van der Waals surface area (Å²) < 4.78 is 1.90. The van der Waals surface area contributed by atoms with Gasteiger partial charge in [0.05, 0.1) is 5.75 Å². The number of rotatable bonds is 3. The lowest BCUT2D eigenvalue weighted by atomic mass is 9.80. The van der Waals surface area contributed by atoms with E-state index in [1.165, 1.54) is 6.33 Å². The van der Waals surface area contributed by atoms with E-state index in [4.69, 9.17) is 0 Å². The van der Waals surface area contributed by atoms with Crippen LogP contribution in [0.5, 0.6) is 0 Å². The van der Waals surface area contributed by atoms with Gasteiger partial charge >= 0.3 is 0 Å². The van der Waals surface area contributed by atoms with Gasteiger partial charge in [-0.15, -0.1) is 0 Å². The Kier molecular flexibility index (Phi) is 4.33. The molecule has 0 spiro atoms. The Morgan fingerprint density at radius 2 is 2.04 bits per heavy atom. The molecule has 0 saturated carbocycles. The van der Waals surface area contributed by atoms with Crippen molar-refractivity contribution in [2.24, 2.45) is 5.92 Å². The van der Waals surface area contributed by atoms with Crippen LogP contribution in [-0.2, 0) is 11.3 Å². The normalized spacial score (nSPS) is 21.7. The summed E-state index contributed by atoms with van der Waals surface area (Å²) in [6.07, 6.45) is 8.03. The smallest absolute Gasteiger partial charge is 0.250 e. The van der Waals surface area contributed by atoms with Crippen molar-refractivity contribution in [1.82, 2.24) is 19.4 Å². The molecule has 2 aliphatic heterocycles. The highest BCUT2D eigenvalue weighted by molar-refractivity contribution is 7.99. The summed E-state index contributed by atoms with van der Waals surface area (Å²) in [5.41, 5.74) is 2.98. The molecule has 4 rings (SSSR count). The second kappa shape index (κ2) is 6.63. The van der Waals surface area contributed by atoms with E-state index in [0.29, 0.717) is 24.8 Å². The summed E-state index contributed by atoms with van der Waals surface area (Å²) in [4.78, 5) is 35.0. The third-order valence-corrected chi connectivity index (χ3v) is 5.62. The van der Waals surface area contributed by atoms with Crippen molar-refractivity contribution in [3.05, 3.63) is 46.9 Å². The summed E-state index contributed by atoms with van der Waals surface area (Å²) in [6.45, 7) is 2.11. The molecule has 7 heteroatoms. The van der Waals surface area contributed by atoms with Gasteiger partial charge in [0.25, 0.3) is 5.56 Å². The van der Waals surface area contributed by atoms with Crippen molar-refractivity contribution >= 4 is 17.7 Å². The molecule has 1 fully saturated rings. The first-order valence-corrected chi connectivity index (χ1v) is 9.82. The molecule has 0 unspecified atom stereocenters. The molecule has 2 aromatic heterocycles. The van der Waals surface area contributed by atoms with Crippen LogP contribution < -0.4 is 5.56 Å². The Balaban J connectivity index is 1.77. The first kappa shape index (κ1) is 16.3. The molecule has 130 valence electrons. The number of amides is 1. The average molecular weight is 356 g/mol. The molecule has 0 radical (unpaired) electrons. The maximum Gasteiger partial charge on any atom is 0.250 e. The Hall–Kier alpha value is -2.15. The van der Waals surface area contributed by atoms with Crippen LogP contribution in [0.15, 0.2) is 35.6 Å². The van der Waals surface area contributed by atoms with Gasteiger partial charge in [0.1, 0.15) is 6.33 Å². The average Bonchev–Trinajstić information content (AvgIpc) is 2.63. The minimum atomic E-state index is 0.0363. The van der Waals surface area contributed by atoms with Gasteiger partial charge in [0.15, 0.2) is 0 Å². The van der Waals surface area contributed by atoms with Gasteiger partial charge in [-0.25, -0.2) is 9.97 Å². The van der Waals surface area contributed by atoms with Crippen molar-refractivity contribution < 1.29 is 4.79 Å². The van der Waals surface area contributed by atoms with Gasteiger partial charge in [-0.1, -0.05) is 0 Å². The largest absolute Gasteiger partial charge is 0.341 e. The van der Waals surface area contributed by atoms with E-state index in [2.05, 4.69) is 9.97 Å². The van der Waals surface area contributed by atoms with Gasteiger partial charge in [-0.2, -0.15) is 11.8 Å². The number of carbonyl (C=O) groups is 1. The Morgan fingerprint density at radius 3 is 2.80 bits per heavy atom. The zero-order valence-corrected chi connectivity index (χ0v) is 14.9. The molecule has 0 aliphatic carbocycles. The summed E-state index contributed by atoms with van der Waals surface area (Å²) in [5, 5.41) is 0. The first-order chi connectivity index (χ1) is 12.2. The summed E-state index contributed by atoms with van der Waals surface area (Å²) in [7, 11) is 0. The SMILES string of the molecule is CSCC(=O)N1C[C@H]2C[C@H](C1)c1c(-c3cncnc3)ccc(=O)n1C2. The highest BCUT2D eigenvalue weighted by Crippen LogP contribution is 2.39. The predicted molar refractivity (Wildman–Crippen MR) is 97.5 cm³/mol. The maximum atomic E-state index is 12.4. The van der Waals surface area contributed by atoms with Gasteiger partial charge in [0.2, 0.25) is 5.91 Å². The topological polar surface area (TPSA) is 68.1 Å². The standard InChI is InChI=1S/C18H20N4O2S/c1-25-10-17(24)21-7-12-4-13(9-21)18-15(14-5-19-11-20-6-14)2-3-16(23)22(18)8-12/h2-3,5-6,11-13H,4,7-10H2,1H3/t12-,13-/m1/s1. The third kappa shape index (κ3) is 2.97. The fourth-order valence-electron chi connectivity index (χ4n) is 4.12. The van der Waals surface area contributed by atoms with E-state index >= 15 is 0 Å². The monoisotopic (exact) mass is 356 g/mol. The van der Waals surface area contributed by atoms with Gasteiger partial charge < -0.3 is 9.47 Å². The van der Waals surface area contributed by atoms with Crippen LogP contribution in [0.3, 0.4) is 0 Å². The number of carbonyl (C=O) groups excluding carboxylic acids is 1. The molecule has 1 saturated heterocycles. The summed E-state index contributed by atoms with van der Waals surface area (Å²) in [5.74, 6) is 1.23. The predicted octanol–water partition coefficient (Wildman–Crippen LogP) is 1.61. The van der Waals surface area contributed by atoms with Crippen molar-refractivity contribution in [3.8, 4) is 11.1 Å². The van der Waals surface area contributed by atoms with Crippen LogP contribution in [-0.4, -0.2) is 50.4 Å². The molecule has 0 aromatic carbocycles. The second-order valence-electron chi connectivity index (χ2n) is 6.74. The van der Waals surface area contributed by atoms with E-state index in [9.17, 15) is 9.59 Å². The maximum absolute atomic E-state index is 12.4. The number of hydrogen-bond donors (Lipinski definition) is 0. The van der Waals surface area contributed by atoms with Crippen LogP contribution in [0.1, 0.15) is 18.0 Å². The summed E-state index contributed by atoms with van der Waals surface area (Å²) >= 11 is 1.56. The second-order valence-corrected chi connectivity index (χ2v) is 7.60. The number of thioether (sulfide) groups is 1. The number of pyridine rings is 1. The molecule has 6 nitrogen and oxygen atoms in total. The zero-order chi connectivity index (χ0) is 17.4. The molecule has 1 amide bonds. The van der Waals surface area contributed by atoms with Crippen molar-refractivity contribution in [2.45, 2.75) is 18.9 Å².